The number of hydrogen-bond acceptors (Lipinski definition) is 7. The molecule has 36 heavy (non-hydrogen) atoms. The van der Waals surface area contributed by atoms with Crippen molar-refractivity contribution in [2.75, 3.05) is 46.0 Å². The largest absolute Gasteiger partial charge is 0.493 e. The number of ether oxygens (including phenoxy) is 2. The van der Waals surface area contributed by atoms with Crippen LogP contribution in [0.4, 0.5) is 0 Å². The lowest BCUT2D eigenvalue weighted by atomic mass is 9.95. The fourth-order valence-corrected chi connectivity index (χ4v) is 4.43. The molecule has 0 aromatic heterocycles. The summed E-state index contributed by atoms with van der Waals surface area (Å²) in [5.41, 5.74) is 2.94. The van der Waals surface area contributed by atoms with E-state index < -0.39 is 18.1 Å². The van der Waals surface area contributed by atoms with Crippen LogP contribution in [0.3, 0.4) is 0 Å². The Labute approximate surface area is 213 Å². The summed E-state index contributed by atoms with van der Waals surface area (Å²) in [6, 6.07) is 12.1. The number of aliphatic hydroxyl groups is 2. The van der Waals surface area contributed by atoms with E-state index >= 15 is 0 Å². The van der Waals surface area contributed by atoms with Crippen LogP contribution in [0.1, 0.15) is 37.3 Å². The van der Waals surface area contributed by atoms with Crippen LogP contribution < -0.4 is 14.8 Å². The molecule has 0 saturated carbocycles. The zero-order chi connectivity index (χ0) is 26.1. The highest BCUT2D eigenvalue weighted by Crippen LogP contribution is 2.35. The highest BCUT2D eigenvalue weighted by Gasteiger charge is 2.31. The second-order valence-electron chi connectivity index (χ2n) is 9.73. The highest BCUT2D eigenvalue weighted by molar-refractivity contribution is 5.78. The van der Waals surface area contributed by atoms with Gasteiger partial charge >= 0.3 is 5.97 Å². The molecule has 0 aliphatic carbocycles. The molecule has 0 bridgehead atoms. The Hall–Kier alpha value is -2.65. The fraction of sp³-hybridized carbons (Fsp3) is 0.536. The summed E-state index contributed by atoms with van der Waals surface area (Å²) in [7, 11) is 0. The molecule has 1 aliphatic heterocycles. The second-order valence-corrected chi connectivity index (χ2v) is 9.73. The summed E-state index contributed by atoms with van der Waals surface area (Å²) in [4.78, 5) is 13.5. The van der Waals surface area contributed by atoms with E-state index in [4.69, 9.17) is 9.47 Å². The Balaban J connectivity index is 1.56. The van der Waals surface area contributed by atoms with Crippen molar-refractivity contribution < 1.29 is 29.6 Å². The number of rotatable bonds is 14. The van der Waals surface area contributed by atoms with Gasteiger partial charge in [0.2, 0.25) is 0 Å². The van der Waals surface area contributed by atoms with Gasteiger partial charge in [-0.3, -0.25) is 4.79 Å². The van der Waals surface area contributed by atoms with Gasteiger partial charge in [0.1, 0.15) is 17.0 Å². The topological polar surface area (TPSA) is 111 Å². The number of aliphatic carboxylic acids is 1. The number of carboxylic acid groups (broad SMARTS) is 1. The van der Waals surface area contributed by atoms with Crippen LogP contribution in [-0.2, 0) is 4.79 Å². The van der Waals surface area contributed by atoms with E-state index in [0.717, 1.165) is 66.2 Å². The molecule has 8 heteroatoms. The molecular weight excluding hydrogens is 460 g/mol. The summed E-state index contributed by atoms with van der Waals surface area (Å²) >= 11 is 0. The first-order chi connectivity index (χ1) is 17.2. The standard InChI is InChI=1S/C28H40N2O6/c1-20-23(8-4-10-25(20)35-16-6-13-29-28(3,19-31)27(33)34)24-9-5-11-26(21(24)2)36-17-7-14-30-15-12-22(32)18-30/h4-5,8-11,22,29,31-32H,6-7,12-19H2,1-3H3,(H,33,34). The highest BCUT2D eigenvalue weighted by atomic mass is 16.5. The molecule has 8 nitrogen and oxygen atoms in total. The normalized spacial score (nSPS) is 17.6. The Morgan fingerprint density at radius 1 is 1.06 bits per heavy atom. The second kappa shape index (κ2) is 13.1. The average Bonchev–Trinajstić information content (AvgIpc) is 3.28. The van der Waals surface area contributed by atoms with Gasteiger partial charge in [-0.05, 0) is 81.0 Å². The monoisotopic (exact) mass is 500 g/mol. The van der Waals surface area contributed by atoms with Gasteiger partial charge in [0.15, 0.2) is 0 Å². The van der Waals surface area contributed by atoms with Gasteiger partial charge in [-0.2, -0.15) is 0 Å². The predicted molar refractivity (Wildman–Crippen MR) is 140 cm³/mol. The van der Waals surface area contributed by atoms with E-state index in [0.29, 0.717) is 26.2 Å². The molecule has 0 radical (unpaired) electrons. The first-order valence-electron chi connectivity index (χ1n) is 12.7. The van der Waals surface area contributed by atoms with Gasteiger partial charge in [-0.1, -0.05) is 24.3 Å². The van der Waals surface area contributed by atoms with Crippen molar-refractivity contribution in [1.29, 1.82) is 0 Å². The van der Waals surface area contributed by atoms with Crippen LogP contribution in [0.2, 0.25) is 0 Å². The third kappa shape index (κ3) is 7.20. The molecule has 1 saturated heterocycles. The Morgan fingerprint density at radius 3 is 2.14 bits per heavy atom. The maximum atomic E-state index is 11.3. The quantitative estimate of drug-likeness (QED) is 0.293. The molecule has 1 aliphatic rings. The first kappa shape index (κ1) is 27.9. The predicted octanol–water partition coefficient (Wildman–Crippen LogP) is 3.00. The van der Waals surface area contributed by atoms with Crippen LogP contribution in [0.15, 0.2) is 36.4 Å². The van der Waals surface area contributed by atoms with Crippen molar-refractivity contribution in [3.05, 3.63) is 47.5 Å². The zero-order valence-electron chi connectivity index (χ0n) is 21.6. The molecule has 2 aromatic carbocycles. The molecule has 3 rings (SSSR count). The number of nitrogens with one attached hydrogen (secondary N) is 1. The van der Waals surface area contributed by atoms with Gasteiger partial charge in [0.05, 0.1) is 25.9 Å². The number of nitrogens with zero attached hydrogens (tertiary/aromatic N) is 1. The third-order valence-corrected chi connectivity index (χ3v) is 6.86. The molecule has 198 valence electrons. The number of carbonyl (C=O) groups is 1. The van der Waals surface area contributed by atoms with Gasteiger partial charge in [0.25, 0.3) is 0 Å². The van der Waals surface area contributed by atoms with Crippen molar-refractivity contribution >= 4 is 5.97 Å². The van der Waals surface area contributed by atoms with Crippen molar-refractivity contribution in [1.82, 2.24) is 10.2 Å². The Kier molecular flexibility index (Phi) is 10.1. The Morgan fingerprint density at radius 2 is 1.64 bits per heavy atom. The number of hydrogen-bond donors (Lipinski definition) is 4. The lowest BCUT2D eigenvalue weighted by Gasteiger charge is -2.23. The lowest BCUT2D eigenvalue weighted by Crippen LogP contribution is -2.52. The minimum atomic E-state index is -1.35. The van der Waals surface area contributed by atoms with Crippen molar-refractivity contribution in [2.24, 2.45) is 0 Å². The molecule has 2 atom stereocenters. The fourth-order valence-electron chi connectivity index (χ4n) is 4.43. The Bertz CT molecular complexity index is 1010. The third-order valence-electron chi connectivity index (χ3n) is 6.86. The van der Waals surface area contributed by atoms with Crippen LogP contribution in [0.25, 0.3) is 11.1 Å². The minimum absolute atomic E-state index is 0.191. The van der Waals surface area contributed by atoms with E-state index in [1.807, 2.05) is 31.2 Å². The first-order valence-corrected chi connectivity index (χ1v) is 12.7. The van der Waals surface area contributed by atoms with Crippen LogP contribution >= 0.6 is 0 Å². The molecule has 2 unspecified atom stereocenters. The molecule has 0 amide bonds. The maximum absolute atomic E-state index is 11.3. The van der Waals surface area contributed by atoms with E-state index in [-0.39, 0.29) is 6.10 Å². The number of carboxylic acids is 1. The molecule has 1 fully saturated rings. The summed E-state index contributed by atoms with van der Waals surface area (Å²) in [5, 5.41) is 31.1. The summed E-state index contributed by atoms with van der Waals surface area (Å²) in [6.45, 7) is 9.20. The van der Waals surface area contributed by atoms with Crippen molar-refractivity contribution in [3.63, 3.8) is 0 Å². The molecule has 1 heterocycles. The number of benzene rings is 2. The average molecular weight is 501 g/mol. The van der Waals surface area contributed by atoms with Crippen molar-refractivity contribution in [3.8, 4) is 22.6 Å². The van der Waals surface area contributed by atoms with Gasteiger partial charge in [-0.25, -0.2) is 0 Å². The smallest absolute Gasteiger partial charge is 0.326 e. The van der Waals surface area contributed by atoms with E-state index in [2.05, 4.69) is 29.3 Å². The summed E-state index contributed by atoms with van der Waals surface area (Å²) < 4.78 is 12.1. The van der Waals surface area contributed by atoms with E-state index in [9.17, 15) is 20.1 Å². The summed E-state index contributed by atoms with van der Waals surface area (Å²) in [6.07, 6.45) is 2.18. The SMILES string of the molecule is Cc1c(OCCCNC(C)(CO)C(=O)O)cccc1-c1cccc(OCCCN2CCC(O)C2)c1C. The minimum Gasteiger partial charge on any atom is -0.493 e. The van der Waals surface area contributed by atoms with Crippen LogP contribution in [0, 0.1) is 13.8 Å². The van der Waals surface area contributed by atoms with Gasteiger partial charge in [-0.15, -0.1) is 0 Å². The van der Waals surface area contributed by atoms with Crippen LogP contribution in [-0.4, -0.2) is 83.8 Å². The number of likely N-dealkylation sites (tertiary alicyclic amines) is 1. The number of aliphatic hydroxyl groups excluding tert-OH is 2. The van der Waals surface area contributed by atoms with Crippen LogP contribution in [0.5, 0.6) is 11.5 Å². The molecule has 2 aromatic rings. The zero-order valence-corrected chi connectivity index (χ0v) is 21.6. The van der Waals surface area contributed by atoms with Crippen molar-refractivity contribution in [2.45, 2.75) is 51.7 Å². The van der Waals surface area contributed by atoms with E-state index in [1.54, 1.807) is 0 Å². The maximum Gasteiger partial charge on any atom is 0.326 e. The molecular formula is C28H40N2O6. The number of β-amino-alcohol motifs (C(OH)–C–C–N with tert-alkyl or cyclic N) is 1. The summed E-state index contributed by atoms with van der Waals surface area (Å²) in [5.74, 6) is 0.577. The molecule has 4 N–H and O–H groups in total. The lowest BCUT2D eigenvalue weighted by molar-refractivity contribution is -0.145. The van der Waals surface area contributed by atoms with Gasteiger partial charge < -0.3 is 35.0 Å². The van der Waals surface area contributed by atoms with E-state index in [1.165, 1.54) is 6.92 Å². The molecule has 0 spiro atoms. The van der Waals surface area contributed by atoms with Gasteiger partial charge in [0, 0.05) is 19.6 Å².